The van der Waals surface area contributed by atoms with E-state index in [1.807, 2.05) is 6.21 Å². The summed E-state index contributed by atoms with van der Waals surface area (Å²) in [6.45, 7) is 9.99. The van der Waals surface area contributed by atoms with E-state index in [1.165, 1.54) is 16.7 Å². The van der Waals surface area contributed by atoms with Gasteiger partial charge in [0.25, 0.3) is 0 Å². The van der Waals surface area contributed by atoms with Crippen LogP contribution >= 0.6 is 0 Å². The number of nitrogens with zero attached hydrogens (tertiary/aromatic N) is 1. The molecule has 1 fully saturated rings. The maximum absolute atomic E-state index is 13.3. The summed E-state index contributed by atoms with van der Waals surface area (Å²) in [5.41, 5.74) is 9.01. The van der Waals surface area contributed by atoms with Crippen LogP contribution in [-0.2, 0) is 21.5 Å². The monoisotopic (exact) mass is 370 g/mol. The zero-order valence-corrected chi connectivity index (χ0v) is 17.3. The van der Waals surface area contributed by atoms with Crippen molar-refractivity contribution in [3.8, 4) is 0 Å². The molecule has 0 bridgehead atoms. The van der Waals surface area contributed by atoms with Gasteiger partial charge in [-0.15, -0.1) is 0 Å². The van der Waals surface area contributed by atoms with Crippen LogP contribution in [0.4, 0.5) is 0 Å². The predicted octanol–water partition coefficient (Wildman–Crippen LogP) is 4.35. The molecule has 0 radical (unpaired) electrons. The van der Waals surface area contributed by atoms with Gasteiger partial charge in [0.15, 0.2) is 0 Å². The summed E-state index contributed by atoms with van der Waals surface area (Å²) in [7, 11) is 0. The predicted molar refractivity (Wildman–Crippen MR) is 110 cm³/mol. The normalized spacial score (nSPS) is 30.4. The lowest BCUT2D eigenvalue weighted by atomic mass is 9.49. The lowest BCUT2D eigenvalue weighted by Gasteiger charge is -2.52. The number of carbonyl (C=O) groups is 1. The molecule has 0 aliphatic heterocycles. The summed E-state index contributed by atoms with van der Waals surface area (Å²) in [6.07, 6.45) is 6.35. The lowest BCUT2D eigenvalue weighted by Crippen LogP contribution is -2.54. The van der Waals surface area contributed by atoms with Gasteiger partial charge in [0.1, 0.15) is 12.4 Å². The quantitative estimate of drug-likeness (QED) is 0.460. The second-order valence-corrected chi connectivity index (χ2v) is 9.13. The van der Waals surface area contributed by atoms with E-state index in [-0.39, 0.29) is 16.7 Å². The molecular formula is C23H34N2O2. The SMILES string of the molecule is CC(C)c1ccc2c(c1)CC(=O)C1[C@@](C)(/C=N/OCCCN)CCC[C@]21C. The molecule has 3 rings (SSSR count). The van der Waals surface area contributed by atoms with Gasteiger partial charge in [-0.3, -0.25) is 4.79 Å². The molecule has 27 heavy (non-hydrogen) atoms. The molecule has 0 spiro atoms. The Kier molecular flexibility index (Phi) is 5.76. The van der Waals surface area contributed by atoms with Crippen molar-refractivity contribution in [2.45, 2.75) is 71.1 Å². The minimum atomic E-state index is -0.263. The number of ketones is 1. The number of hydrogen-bond acceptors (Lipinski definition) is 4. The molecule has 148 valence electrons. The van der Waals surface area contributed by atoms with Gasteiger partial charge in [-0.2, -0.15) is 0 Å². The Morgan fingerprint density at radius 2 is 2.11 bits per heavy atom. The number of fused-ring (bicyclic) bond motifs is 3. The van der Waals surface area contributed by atoms with Gasteiger partial charge in [0.2, 0.25) is 0 Å². The first-order chi connectivity index (χ1) is 12.8. The number of benzene rings is 1. The molecule has 0 aromatic heterocycles. The molecule has 1 saturated carbocycles. The topological polar surface area (TPSA) is 64.7 Å². The summed E-state index contributed by atoms with van der Waals surface area (Å²) < 4.78 is 0. The van der Waals surface area contributed by atoms with Crippen molar-refractivity contribution in [3.05, 3.63) is 34.9 Å². The molecule has 2 aliphatic carbocycles. The minimum Gasteiger partial charge on any atom is -0.396 e. The number of Topliss-reactive ketones (excluding diaryl/α,β-unsaturated/α-hetero) is 1. The molecule has 4 nitrogen and oxygen atoms in total. The van der Waals surface area contributed by atoms with Crippen molar-refractivity contribution in [2.75, 3.05) is 13.2 Å². The first-order valence-corrected chi connectivity index (χ1v) is 10.3. The van der Waals surface area contributed by atoms with E-state index < -0.39 is 0 Å². The highest BCUT2D eigenvalue weighted by molar-refractivity contribution is 5.91. The molecule has 0 saturated heterocycles. The average Bonchev–Trinajstić information content (AvgIpc) is 2.60. The fraction of sp³-hybridized carbons (Fsp3) is 0.652. The minimum absolute atomic E-state index is 0.0435. The smallest absolute Gasteiger partial charge is 0.142 e. The van der Waals surface area contributed by atoms with Gasteiger partial charge in [0.05, 0.1) is 6.21 Å². The van der Waals surface area contributed by atoms with Crippen LogP contribution in [0, 0.1) is 11.3 Å². The number of oxime groups is 1. The first-order valence-electron chi connectivity index (χ1n) is 10.3. The van der Waals surface area contributed by atoms with Crippen LogP contribution in [0.1, 0.15) is 76.0 Å². The van der Waals surface area contributed by atoms with E-state index in [0.717, 1.165) is 25.7 Å². The van der Waals surface area contributed by atoms with Crippen molar-refractivity contribution in [3.63, 3.8) is 0 Å². The van der Waals surface area contributed by atoms with E-state index in [1.54, 1.807) is 0 Å². The van der Waals surface area contributed by atoms with Crippen LogP contribution in [0.5, 0.6) is 0 Å². The van der Waals surface area contributed by atoms with Crippen molar-refractivity contribution < 1.29 is 9.63 Å². The zero-order chi connectivity index (χ0) is 19.7. The molecule has 0 heterocycles. The van der Waals surface area contributed by atoms with Gasteiger partial charge in [-0.05, 0) is 48.4 Å². The lowest BCUT2D eigenvalue weighted by molar-refractivity contribution is -0.130. The Bertz CT molecular complexity index is 727. The first kappa shape index (κ1) is 20.1. The van der Waals surface area contributed by atoms with Crippen molar-refractivity contribution in [2.24, 2.45) is 22.2 Å². The average molecular weight is 371 g/mol. The molecule has 1 aromatic carbocycles. The Hall–Kier alpha value is -1.68. The van der Waals surface area contributed by atoms with Gasteiger partial charge >= 0.3 is 0 Å². The third-order valence-corrected chi connectivity index (χ3v) is 6.67. The van der Waals surface area contributed by atoms with Crippen LogP contribution < -0.4 is 5.73 Å². The standard InChI is InChI=1S/C23H34N2O2/c1-16(2)17-7-8-19-18(13-17)14-20(26)21-22(3,9-5-10-23(19,21)4)15-25-27-12-6-11-24/h7-8,13,15-16,21H,5-6,9-12,14,24H2,1-4H3/b25-15+/t21?,22-,23-/m1/s1. The summed E-state index contributed by atoms with van der Waals surface area (Å²) in [6, 6.07) is 6.79. The largest absolute Gasteiger partial charge is 0.396 e. The van der Waals surface area contributed by atoms with E-state index >= 15 is 0 Å². The van der Waals surface area contributed by atoms with Crippen LogP contribution in [0.2, 0.25) is 0 Å². The number of carbonyl (C=O) groups excluding carboxylic acids is 1. The Labute approximate surface area is 163 Å². The van der Waals surface area contributed by atoms with Crippen LogP contribution in [-0.4, -0.2) is 25.1 Å². The summed E-state index contributed by atoms with van der Waals surface area (Å²) >= 11 is 0. The highest BCUT2D eigenvalue weighted by atomic mass is 16.6. The van der Waals surface area contributed by atoms with E-state index in [9.17, 15) is 4.79 Å². The van der Waals surface area contributed by atoms with Crippen LogP contribution in [0.3, 0.4) is 0 Å². The highest BCUT2D eigenvalue weighted by Crippen LogP contribution is 2.55. The Balaban J connectivity index is 1.93. The summed E-state index contributed by atoms with van der Waals surface area (Å²) in [5.74, 6) is 0.782. The Morgan fingerprint density at radius 1 is 1.33 bits per heavy atom. The van der Waals surface area contributed by atoms with Gasteiger partial charge in [-0.1, -0.05) is 57.5 Å². The van der Waals surface area contributed by atoms with Crippen LogP contribution in [0.25, 0.3) is 0 Å². The maximum atomic E-state index is 13.3. The van der Waals surface area contributed by atoms with Crippen LogP contribution in [0.15, 0.2) is 23.4 Å². The van der Waals surface area contributed by atoms with E-state index in [4.69, 9.17) is 10.6 Å². The second-order valence-electron chi connectivity index (χ2n) is 9.13. The van der Waals surface area contributed by atoms with Crippen molar-refractivity contribution in [1.29, 1.82) is 0 Å². The molecule has 3 atom stereocenters. The molecule has 1 unspecified atom stereocenters. The number of hydrogen-bond donors (Lipinski definition) is 1. The highest BCUT2D eigenvalue weighted by Gasteiger charge is 2.55. The fourth-order valence-electron chi connectivity index (χ4n) is 5.33. The molecule has 0 amide bonds. The van der Waals surface area contributed by atoms with Gasteiger partial charge < -0.3 is 10.6 Å². The maximum Gasteiger partial charge on any atom is 0.142 e. The van der Waals surface area contributed by atoms with Gasteiger partial charge in [0, 0.05) is 23.2 Å². The third-order valence-electron chi connectivity index (χ3n) is 6.67. The van der Waals surface area contributed by atoms with E-state index in [0.29, 0.717) is 31.3 Å². The second kappa shape index (κ2) is 7.75. The third kappa shape index (κ3) is 3.69. The number of rotatable bonds is 6. The molecular weight excluding hydrogens is 336 g/mol. The molecule has 4 heteroatoms. The van der Waals surface area contributed by atoms with E-state index in [2.05, 4.69) is 51.0 Å². The molecule has 2 aliphatic rings. The number of nitrogens with two attached hydrogens (primary N) is 1. The zero-order valence-electron chi connectivity index (χ0n) is 17.3. The summed E-state index contributed by atoms with van der Waals surface area (Å²) in [4.78, 5) is 18.7. The Morgan fingerprint density at radius 3 is 2.81 bits per heavy atom. The van der Waals surface area contributed by atoms with Crippen molar-refractivity contribution in [1.82, 2.24) is 0 Å². The van der Waals surface area contributed by atoms with Gasteiger partial charge in [-0.25, -0.2) is 0 Å². The molecule has 1 aromatic rings. The summed E-state index contributed by atoms with van der Waals surface area (Å²) in [5, 5.41) is 4.22. The van der Waals surface area contributed by atoms with Crippen molar-refractivity contribution >= 4 is 12.0 Å². The molecule has 2 N–H and O–H groups in total. The fourth-order valence-corrected chi connectivity index (χ4v) is 5.33.